The average Bonchev–Trinajstić information content (AvgIpc) is 2.48. The number of pyridine rings is 1. The zero-order valence-electron chi connectivity index (χ0n) is 12.6. The van der Waals surface area contributed by atoms with Gasteiger partial charge in [-0.15, -0.1) is 0 Å². The summed E-state index contributed by atoms with van der Waals surface area (Å²) in [6.45, 7) is 6.10. The first-order valence-electron chi connectivity index (χ1n) is 7.30. The van der Waals surface area contributed by atoms with Gasteiger partial charge in [0, 0.05) is 37.5 Å². The Balaban J connectivity index is 1.88. The van der Waals surface area contributed by atoms with Gasteiger partial charge in [0.1, 0.15) is 0 Å². The van der Waals surface area contributed by atoms with E-state index >= 15 is 0 Å². The highest BCUT2D eigenvalue weighted by Crippen LogP contribution is 2.21. The Morgan fingerprint density at radius 3 is 2.75 bits per heavy atom. The molecule has 0 amide bonds. The Morgan fingerprint density at radius 1 is 1.30 bits per heavy atom. The first kappa shape index (κ1) is 15.1. The van der Waals surface area contributed by atoms with Crippen molar-refractivity contribution < 1.29 is 9.47 Å². The van der Waals surface area contributed by atoms with E-state index in [4.69, 9.17) is 9.47 Å². The van der Waals surface area contributed by atoms with Crippen LogP contribution >= 0.6 is 0 Å². The lowest BCUT2D eigenvalue weighted by Gasteiger charge is -2.30. The van der Waals surface area contributed by atoms with Gasteiger partial charge in [0.15, 0.2) is 0 Å². The lowest BCUT2D eigenvalue weighted by molar-refractivity contribution is 0.0749. The van der Waals surface area contributed by atoms with E-state index in [9.17, 15) is 0 Å². The predicted octanol–water partition coefficient (Wildman–Crippen LogP) is 2.05. The molecule has 1 aliphatic rings. The highest BCUT2D eigenvalue weighted by molar-refractivity contribution is 5.52. The van der Waals surface area contributed by atoms with Crippen molar-refractivity contribution in [2.24, 2.45) is 0 Å². The number of hydrogen-bond donors (Lipinski definition) is 2. The van der Waals surface area contributed by atoms with Crippen LogP contribution in [0.3, 0.4) is 0 Å². The predicted molar refractivity (Wildman–Crippen MR) is 80.3 cm³/mol. The van der Waals surface area contributed by atoms with Crippen LogP contribution in [0.4, 0.5) is 5.69 Å². The molecule has 1 fully saturated rings. The monoisotopic (exact) mass is 279 g/mol. The first-order valence-corrected chi connectivity index (χ1v) is 7.30. The lowest BCUT2D eigenvalue weighted by atomic mass is 10.1. The van der Waals surface area contributed by atoms with Crippen LogP contribution in [-0.4, -0.2) is 43.4 Å². The van der Waals surface area contributed by atoms with E-state index in [2.05, 4.69) is 29.5 Å². The molecule has 112 valence electrons. The van der Waals surface area contributed by atoms with Gasteiger partial charge in [0.25, 0.3) is 0 Å². The summed E-state index contributed by atoms with van der Waals surface area (Å²) in [6.07, 6.45) is 3.92. The number of methoxy groups -OCH3 is 1. The van der Waals surface area contributed by atoms with E-state index in [1.807, 2.05) is 12.1 Å². The Bertz CT molecular complexity index is 408. The Hall–Kier alpha value is -1.33. The molecule has 0 aliphatic carbocycles. The SMILES string of the molecule is COc1ncccc1NC(C)C(C)NC1CCOCC1. The summed E-state index contributed by atoms with van der Waals surface area (Å²) in [5.74, 6) is 0.637. The smallest absolute Gasteiger partial charge is 0.237 e. The molecule has 0 bridgehead atoms. The highest BCUT2D eigenvalue weighted by Gasteiger charge is 2.20. The van der Waals surface area contributed by atoms with Crippen molar-refractivity contribution in [1.82, 2.24) is 10.3 Å². The van der Waals surface area contributed by atoms with Gasteiger partial charge < -0.3 is 20.1 Å². The van der Waals surface area contributed by atoms with Crippen LogP contribution in [0, 0.1) is 0 Å². The van der Waals surface area contributed by atoms with Crippen molar-refractivity contribution in [3.63, 3.8) is 0 Å². The third-order valence-corrected chi connectivity index (χ3v) is 3.82. The van der Waals surface area contributed by atoms with Gasteiger partial charge in [-0.05, 0) is 38.8 Å². The second kappa shape index (κ2) is 7.45. The van der Waals surface area contributed by atoms with Crippen LogP contribution in [0.25, 0.3) is 0 Å². The fourth-order valence-electron chi connectivity index (χ4n) is 2.41. The fraction of sp³-hybridized carbons (Fsp3) is 0.667. The summed E-state index contributed by atoms with van der Waals surface area (Å²) < 4.78 is 10.7. The maximum Gasteiger partial charge on any atom is 0.237 e. The molecule has 2 rings (SSSR count). The number of nitrogens with one attached hydrogen (secondary N) is 2. The molecule has 0 spiro atoms. The third-order valence-electron chi connectivity index (χ3n) is 3.82. The molecule has 2 atom stereocenters. The lowest BCUT2D eigenvalue weighted by Crippen LogP contribution is -2.47. The molecule has 2 heterocycles. The van der Waals surface area contributed by atoms with Crippen LogP contribution in [0.5, 0.6) is 5.88 Å². The summed E-state index contributed by atoms with van der Waals surface area (Å²) in [5, 5.41) is 7.14. The molecule has 2 N–H and O–H groups in total. The number of rotatable bonds is 6. The minimum Gasteiger partial charge on any atom is -0.480 e. The van der Waals surface area contributed by atoms with Gasteiger partial charge in [0.2, 0.25) is 5.88 Å². The molecule has 5 heteroatoms. The van der Waals surface area contributed by atoms with Crippen LogP contribution < -0.4 is 15.4 Å². The molecule has 1 aromatic rings. The number of ether oxygens (including phenoxy) is 2. The number of hydrogen-bond acceptors (Lipinski definition) is 5. The minimum atomic E-state index is 0.288. The number of anilines is 1. The summed E-state index contributed by atoms with van der Waals surface area (Å²) in [5.41, 5.74) is 0.933. The van der Waals surface area contributed by atoms with Crippen LogP contribution in [0.1, 0.15) is 26.7 Å². The average molecular weight is 279 g/mol. The molecule has 5 nitrogen and oxygen atoms in total. The molecular weight excluding hydrogens is 254 g/mol. The van der Waals surface area contributed by atoms with Gasteiger partial charge in [-0.2, -0.15) is 0 Å². The Kier molecular flexibility index (Phi) is 5.61. The number of aromatic nitrogens is 1. The summed E-state index contributed by atoms with van der Waals surface area (Å²) in [4.78, 5) is 4.20. The van der Waals surface area contributed by atoms with E-state index in [1.54, 1.807) is 13.3 Å². The van der Waals surface area contributed by atoms with Crippen LogP contribution in [0.2, 0.25) is 0 Å². The highest BCUT2D eigenvalue weighted by atomic mass is 16.5. The molecule has 1 aromatic heterocycles. The summed E-state index contributed by atoms with van der Waals surface area (Å²) in [7, 11) is 1.64. The zero-order chi connectivity index (χ0) is 14.4. The minimum absolute atomic E-state index is 0.288. The Labute approximate surface area is 121 Å². The first-order chi connectivity index (χ1) is 9.70. The van der Waals surface area contributed by atoms with Gasteiger partial charge in [0.05, 0.1) is 12.8 Å². The topological polar surface area (TPSA) is 55.4 Å². The van der Waals surface area contributed by atoms with E-state index in [1.165, 1.54) is 0 Å². The van der Waals surface area contributed by atoms with Crippen molar-refractivity contribution in [2.45, 2.75) is 44.8 Å². The van der Waals surface area contributed by atoms with Crippen molar-refractivity contribution >= 4 is 5.69 Å². The Morgan fingerprint density at radius 2 is 2.05 bits per heavy atom. The quantitative estimate of drug-likeness (QED) is 0.834. The van der Waals surface area contributed by atoms with E-state index in [0.29, 0.717) is 18.0 Å². The zero-order valence-corrected chi connectivity index (χ0v) is 12.6. The normalized spacial score (nSPS) is 19.4. The third kappa shape index (κ3) is 4.08. The molecule has 1 aliphatic heterocycles. The fourth-order valence-corrected chi connectivity index (χ4v) is 2.41. The standard InChI is InChI=1S/C15H25N3O2/c1-11(17-13-6-9-20-10-7-13)12(2)18-14-5-4-8-16-15(14)19-3/h4-5,8,11-13,17-18H,6-7,9-10H2,1-3H3. The largest absolute Gasteiger partial charge is 0.480 e. The van der Waals surface area contributed by atoms with Crippen molar-refractivity contribution in [3.8, 4) is 5.88 Å². The van der Waals surface area contributed by atoms with Crippen molar-refractivity contribution in [2.75, 3.05) is 25.6 Å². The second-order valence-electron chi connectivity index (χ2n) is 5.34. The maximum absolute atomic E-state index is 5.39. The molecule has 1 saturated heterocycles. The second-order valence-corrected chi connectivity index (χ2v) is 5.34. The van der Waals surface area contributed by atoms with Crippen molar-refractivity contribution in [1.29, 1.82) is 0 Å². The van der Waals surface area contributed by atoms with Crippen LogP contribution in [-0.2, 0) is 4.74 Å². The van der Waals surface area contributed by atoms with Gasteiger partial charge >= 0.3 is 0 Å². The summed E-state index contributed by atoms with van der Waals surface area (Å²) in [6, 6.07) is 5.11. The molecular formula is C15H25N3O2. The molecule has 0 saturated carbocycles. The van der Waals surface area contributed by atoms with Gasteiger partial charge in [-0.1, -0.05) is 0 Å². The molecule has 0 aromatic carbocycles. The van der Waals surface area contributed by atoms with Crippen LogP contribution in [0.15, 0.2) is 18.3 Å². The number of nitrogens with zero attached hydrogens (tertiary/aromatic N) is 1. The summed E-state index contributed by atoms with van der Waals surface area (Å²) >= 11 is 0. The molecule has 0 radical (unpaired) electrons. The van der Waals surface area contributed by atoms with Crippen molar-refractivity contribution in [3.05, 3.63) is 18.3 Å². The van der Waals surface area contributed by atoms with Gasteiger partial charge in [-0.25, -0.2) is 4.98 Å². The van der Waals surface area contributed by atoms with Gasteiger partial charge in [-0.3, -0.25) is 0 Å². The van der Waals surface area contributed by atoms with E-state index in [0.717, 1.165) is 31.7 Å². The molecule has 20 heavy (non-hydrogen) atoms. The molecule has 2 unspecified atom stereocenters. The van der Waals surface area contributed by atoms with E-state index < -0.39 is 0 Å². The maximum atomic E-state index is 5.39. The van der Waals surface area contributed by atoms with E-state index in [-0.39, 0.29) is 6.04 Å².